The summed E-state index contributed by atoms with van der Waals surface area (Å²) >= 11 is 0. The van der Waals surface area contributed by atoms with Crippen molar-refractivity contribution in [3.63, 3.8) is 0 Å². The molecule has 0 aliphatic carbocycles. The van der Waals surface area contributed by atoms with Crippen molar-refractivity contribution in [3.05, 3.63) is 70.8 Å². The van der Waals surface area contributed by atoms with Crippen molar-refractivity contribution in [1.82, 2.24) is 0 Å². The monoisotopic (exact) mass is 451 g/mol. The first-order valence-electron chi connectivity index (χ1n) is 12.2. The molecule has 0 saturated heterocycles. The Kier molecular flexibility index (Phi) is 12.2. The van der Waals surface area contributed by atoms with Crippen LogP contribution in [0.2, 0.25) is 0 Å². The maximum atomic E-state index is 6.09. The van der Waals surface area contributed by atoms with Gasteiger partial charge in [0.15, 0.2) is 0 Å². The molecule has 0 unspecified atom stereocenters. The normalized spacial score (nSPS) is 11.7. The Bertz CT molecular complexity index is 861. The first-order chi connectivity index (χ1) is 16.0. The van der Waals surface area contributed by atoms with Crippen LogP contribution < -0.4 is 9.47 Å². The predicted octanol–water partition coefficient (Wildman–Crippen LogP) is 7.59. The molecule has 0 fully saturated rings. The molecule has 4 nitrogen and oxygen atoms in total. The van der Waals surface area contributed by atoms with Crippen molar-refractivity contribution in [2.24, 2.45) is 5.16 Å². The van der Waals surface area contributed by atoms with E-state index in [0.717, 1.165) is 53.3 Å². The highest BCUT2D eigenvalue weighted by Gasteiger charge is 2.07. The van der Waals surface area contributed by atoms with E-state index in [1.165, 1.54) is 37.7 Å². The minimum absolute atomic E-state index is 0.603. The van der Waals surface area contributed by atoms with Crippen LogP contribution >= 0.6 is 0 Å². The van der Waals surface area contributed by atoms with E-state index in [9.17, 15) is 0 Å². The summed E-state index contributed by atoms with van der Waals surface area (Å²) in [6, 6.07) is 12.8. The number of nitrogens with zero attached hydrogens (tertiary/aromatic N) is 1. The van der Waals surface area contributed by atoms with Crippen molar-refractivity contribution >= 4 is 5.71 Å². The van der Waals surface area contributed by atoms with E-state index in [0.29, 0.717) is 6.61 Å². The molecule has 2 aromatic rings. The lowest BCUT2D eigenvalue weighted by atomic mass is 10.0. The maximum absolute atomic E-state index is 6.09. The number of benzene rings is 2. The highest BCUT2D eigenvalue weighted by Crippen LogP contribution is 2.28. The van der Waals surface area contributed by atoms with Crippen molar-refractivity contribution in [2.75, 3.05) is 20.3 Å². The molecule has 0 amide bonds. The Morgan fingerprint density at radius 1 is 0.879 bits per heavy atom. The number of allylic oxidation sites excluding steroid dienone is 1. The van der Waals surface area contributed by atoms with Gasteiger partial charge in [0.05, 0.1) is 12.3 Å². The van der Waals surface area contributed by atoms with E-state index in [-0.39, 0.29) is 0 Å². The van der Waals surface area contributed by atoms with Crippen LogP contribution in [-0.4, -0.2) is 26.0 Å². The van der Waals surface area contributed by atoms with Crippen LogP contribution in [0, 0.1) is 13.8 Å². The van der Waals surface area contributed by atoms with E-state index >= 15 is 0 Å². The molecule has 0 bridgehead atoms. The predicted molar refractivity (Wildman–Crippen MR) is 139 cm³/mol. The molecule has 0 aliphatic rings. The average Bonchev–Trinajstić information content (AvgIpc) is 2.80. The molecule has 2 aromatic carbocycles. The summed E-state index contributed by atoms with van der Waals surface area (Å²) in [5, 5.41) is 3.98. The van der Waals surface area contributed by atoms with E-state index in [1.807, 2.05) is 26.0 Å². The van der Waals surface area contributed by atoms with Gasteiger partial charge in [0.25, 0.3) is 0 Å². The van der Waals surface area contributed by atoms with Crippen molar-refractivity contribution in [2.45, 2.75) is 72.6 Å². The zero-order valence-corrected chi connectivity index (χ0v) is 21.2. The van der Waals surface area contributed by atoms with Gasteiger partial charge >= 0.3 is 0 Å². The third-order valence-electron chi connectivity index (χ3n) is 5.72. The molecule has 2 rings (SSSR count). The molecular formula is C29H41NO3. The smallest absolute Gasteiger partial charge is 0.125 e. The van der Waals surface area contributed by atoms with Gasteiger partial charge in [0.1, 0.15) is 25.2 Å². The van der Waals surface area contributed by atoms with Crippen molar-refractivity contribution in [3.8, 4) is 11.5 Å². The fourth-order valence-corrected chi connectivity index (χ4v) is 3.88. The van der Waals surface area contributed by atoms with Crippen LogP contribution in [0.15, 0.2) is 53.7 Å². The fourth-order valence-electron chi connectivity index (χ4n) is 3.88. The van der Waals surface area contributed by atoms with E-state index in [4.69, 9.17) is 14.3 Å². The minimum Gasteiger partial charge on any atom is -0.493 e. The summed E-state index contributed by atoms with van der Waals surface area (Å²) in [6.45, 7) is 9.52. The third kappa shape index (κ3) is 9.73. The van der Waals surface area contributed by atoms with Gasteiger partial charge in [-0.25, -0.2) is 0 Å². The SMILES string of the molecule is C/C=C/COc1cc(C)c(OCCCCCCCCc2ccc(C(C)=NOC)cc2)c(C)c1. The molecule has 0 radical (unpaired) electrons. The van der Waals surface area contributed by atoms with Gasteiger partial charge < -0.3 is 14.3 Å². The maximum Gasteiger partial charge on any atom is 0.125 e. The Balaban J connectivity index is 1.58. The molecule has 4 heteroatoms. The van der Waals surface area contributed by atoms with Crippen LogP contribution in [0.25, 0.3) is 0 Å². The van der Waals surface area contributed by atoms with Gasteiger partial charge in [-0.1, -0.05) is 67.3 Å². The summed E-state index contributed by atoms with van der Waals surface area (Å²) in [5.74, 6) is 1.91. The van der Waals surface area contributed by atoms with Crippen molar-refractivity contribution in [1.29, 1.82) is 0 Å². The number of oxime groups is 1. The molecule has 0 atom stereocenters. The highest BCUT2D eigenvalue weighted by molar-refractivity contribution is 5.98. The Hall–Kier alpha value is -2.75. The molecule has 0 saturated carbocycles. The number of rotatable bonds is 15. The van der Waals surface area contributed by atoms with E-state index in [2.05, 4.69) is 55.4 Å². The molecule has 0 aliphatic heterocycles. The van der Waals surface area contributed by atoms with Gasteiger partial charge in [-0.3, -0.25) is 0 Å². The number of aryl methyl sites for hydroxylation is 3. The number of ether oxygens (including phenoxy) is 2. The number of unbranched alkanes of at least 4 members (excludes halogenated alkanes) is 5. The van der Waals surface area contributed by atoms with Crippen LogP contribution in [0.5, 0.6) is 11.5 Å². The minimum atomic E-state index is 0.603. The molecule has 0 spiro atoms. The molecular weight excluding hydrogens is 410 g/mol. The number of hydrogen-bond donors (Lipinski definition) is 0. The Labute approximate surface area is 200 Å². The van der Waals surface area contributed by atoms with Gasteiger partial charge in [-0.15, -0.1) is 0 Å². The fraction of sp³-hybridized carbons (Fsp3) is 0.483. The zero-order valence-electron chi connectivity index (χ0n) is 21.2. The topological polar surface area (TPSA) is 40.0 Å². The first kappa shape index (κ1) is 26.5. The summed E-state index contributed by atoms with van der Waals surface area (Å²) in [6.07, 6.45) is 12.5. The summed E-state index contributed by atoms with van der Waals surface area (Å²) in [7, 11) is 1.58. The Morgan fingerprint density at radius 2 is 1.52 bits per heavy atom. The highest BCUT2D eigenvalue weighted by atomic mass is 16.6. The quantitative estimate of drug-likeness (QED) is 0.121. The lowest BCUT2D eigenvalue weighted by molar-refractivity contribution is 0.213. The van der Waals surface area contributed by atoms with Crippen molar-refractivity contribution < 1.29 is 14.3 Å². The lowest BCUT2D eigenvalue weighted by Crippen LogP contribution is -2.02. The largest absolute Gasteiger partial charge is 0.493 e. The van der Waals surface area contributed by atoms with Gasteiger partial charge in [-0.05, 0) is 81.3 Å². The zero-order chi connectivity index (χ0) is 23.9. The summed E-state index contributed by atoms with van der Waals surface area (Å²) in [5.41, 5.74) is 5.69. The summed E-state index contributed by atoms with van der Waals surface area (Å²) in [4.78, 5) is 4.84. The van der Waals surface area contributed by atoms with Gasteiger partial charge in [-0.2, -0.15) is 0 Å². The molecule has 0 N–H and O–H groups in total. The summed E-state index contributed by atoms with van der Waals surface area (Å²) < 4.78 is 11.8. The second-order valence-electron chi connectivity index (χ2n) is 8.54. The van der Waals surface area contributed by atoms with Crippen LogP contribution in [-0.2, 0) is 11.3 Å². The van der Waals surface area contributed by atoms with Gasteiger partial charge in [0, 0.05) is 0 Å². The van der Waals surface area contributed by atoms with E-state index in [1.54, 1.807) is 7.11 Å². The molecule has 180 valence electrons. The van der Waals surface area contributed by atoms with E-state index < -0.39 is 0 Å². The second kappa shape index (κ2) is 15.2. The van der Waals surface area contributed by atoms with Crippen LogP contribution in [0.3, 0.4) is 0 Å². The first-order valence-corrected chi connectivity index (χ1v) is 12.2. The van der Waals surface area contributed by atoms with Crippen LogP contribution in [0.1, 0.15) is 74.6 Å². The number of hydrogen-bond acceptors (Lipinski definition) is 4. The third-order valence-corrected chi connectivity index (χ3v) is 5.72. The molecule has 0 aromatic heterocycles. The van der Waals surface area contributed by atoms with Gasteiger partial charge in [0.2, 0.25) is 0 Å². The molecule has 0 heterocycles. The molecule has 33 heavy (non-hydrogen) atoms. The lowest BCUT2D eigenvalue weighted by Gasteiger charge is -2.14. The van der Waals surface area contributed by atoms with Crippen LogP contribution in [0.4, 0.5) is 0 Å². The average molecular weight is 452 g/mol. The second-order valence-corrected chi connectivity index (χ2v) is 8.54. The Morgan fingerprint density at radius 3 is 2.15 bits per heavy atom. The standard InChI is InChI=1S/C29H41NO3/c1-6-7-19-32-28-21-23(2)29(24(3)22-28)33-20-13-11-9-8-10-12-14-26-15-17-27(18-16-26)25(4)30-31-5/h6-7,15-18,21-22H,8-14,19-20H2,1-5H3/b7-6+,30-25?.